The quantitative estimate of drug-likeness (QED) is 0.316. The molecular weight excluding hydrogens is 350 g/mol. The summed E-state index contributed by atoms with van der Waals surface area (Å²) < 4.78 is 2.27. The summed E-state index contributed by atoms with van der Waals surface area (Å²) in [7, 11) is 2.16. The van der Waals surface area contributed by atoms with Gasteiger partial charge in [0.25, 0.3) is 0 Å². The van der Waals surface area contributed by atoms with E-state index in [0.717, 1.165) is 6.42 Å². The number of aromatic nitrogens is 1. The van der Waals surface area contributed by atoms with Crippen molar-refractivity contribution in [3.05, 3.63) is 101 Å². The number of hydrogen-bond acceptors (Lipinski definition) is 0. The fourth-order valence-electron chi connectivity index (χ4n) is 4.74. The minimum atomic E-state index is 1.01. The zero-order chi connectivity index (χ0) is 20.1. The molecule has 3 aromatic carbocycles. The smallest absolute Gasteiger partial charge is 0.201 e. The lowest BCUT2D eigenvalue weighted by Crippen LogP contribution is -2.31. The van der Waals surface area contributed by atoms with Gasteiger partial charge in [0, 0.05) is 17.2 Å². The summed E-state index contributed by atoms with van der Waals surface area (Å²) >= 11 is 0. The molecule has 1 nitrogen and oxygen atoms in total. The Labute approximate surface area is 173 Å². The molecule has 0 N–H and O–H groups in total. The second-order valence-electron chi connectivity index (χ2n) is 8.29. The zero-order valence-electron chi connectivity index (χ0n) is 17.6. The van der Waals surface area contributed by atoms with Crippen molar-refractivity contribution in [3.63, 3.8) is 0 Å². The summed E-state index contributed by atoms with van der Waals surface area (Å²) in [5.74, 6) is 0. The number of pyridine rings is 1. The van der Waals surface area contributed by atoms with E-state index in [9.17, 15) is 0 Å². The van der Waals surface area contributed by atoms with Crippen molar-refractivity contribution in [1.29, 1.82) is 0 Å². The molecule has 0 radical (unpaired) electrons. The van der Waals surface area contributed by atoms with Crippen molar-refractivity contribution in [2.45, 2.75) is 27.2 Å². The monoisotopic (exact) mass is 376 g/mol. The van der Waals surface area contributed by atoms with Gasteiger partial charge in [-0.15, -0.1) is 0 Å². The molecule has 0 saturated heterocycles. The molecule has 4 aromatic rings. The Balaban J connectivity index is 1.85. The van der Waals surface area contributed by atoms with Gasteiger partial charge in [0.1, 0.15) is 7.05 Å². The van der Waals surface area contributed by atoms with Gasteiger partial charge in [0.15, 0.2) is 6.20 Å². The minimum Gasteiger partial charge on any atom is -0.201 e. The summed E-state index contributed by atoms with van der Waals surface area (Å²) in [5.41, 5.74) is 15.0. The van der Waals surface area contributed by atoms with Crippen LogP contribution in [0.4, 0.5) is 0 Å². The van der Waals surface area contributed by atoms with Gasteiger partial charge in [-0.05, 0) is 77.8 Å². The molecule has 1 aromatic heterocycles. The van der Waals surface area contributed by atoms with Gasteiger partial charge in [-0.3, -0.25) is 0 Å². The number of nitrogens with zero attached hydrogens (tertiary/aromatic N) is 1. The summed E-state index contributed by atoms with van der Waals surface area (Å²) in [6.07, 6.45) is 3.26. The number of aryl methyl sites for hydroxylation is 3. The standard InChI is InChI=1S/C28H26N/c1-18-14-27(29(4)17-19(18)2)24-16-26(21-10-6-5-7-11-21)28-23-13-9-8-12-22(23)15-25(28)20(24)3/h5-14,16-17H,15H2,1-4H3/q+1. The summed E-state index contributed by atoms with van der Waals surface area (Å²) in [5, 5.41) is 0. The van der Waals surface area contributed by atoms with Crippen molar-refractivity contribution in [3.8, 4) is 33.5 Å². The molecule has 5 rings (SSSR count). The summed E-state index contributed by atoms with van der Waals surface area (Å²) in [4.78, 5) is 0. The fraction of sp³-hybridized carbons (Fsp3) is 0.179. The van der Waals surface area contributed by atoms with E-state index in [0.29, 0.717) is 0 Å². The topological polar surface area (TPSA) is 3.88 Å². The predicted molar refractivity (Wildman–Crippen MR) is 121 cm³/mol. The van der Waals surface area contributed by atoms with E-state index in [4.69, 9.17) is 0 Å². The fourth-order valence-corrected chi connectivity index (χ4v) is 4.74. The summed E-state index contributed by atoms with van der Waals surface area (Å²) in [6, 6.07) is 24.5. The average molecular weight is 377 g/mol. The van der Waals surface area contributed by atoms with Gasteiger partial charge in [0.05, 0.1) is 0 Å². The maximum Gasteiger partial charge on any atom is 0.212 e. The molecule has 0 unspecified atom stereocenters. The Bertz CT molecular complexity index is 1250. The third kappa shape index (κ3) is 2.81. The molecule has 29 heavy (non-hydrogen) atoms. The van der Waals surface area contributed by atoms with Gasteiger partial charge < -0.3 is 0 Å². The molecule has 0 atom stereocenters. The molecule has 1 aliphatic rings. The van der Waals surface area contributed by atoms with Crippen LogP contribution in [0.3, 0.4) is 0 Å². The molecule has 0 amide bonds. The van der Waals surface area contributed by atoms with Crippen molar-refractivity contribution in [2.24, 2.45) is 7.05 Å². The minimum absolute atomic E-state index is 1.01. The van der Waals surface area contributed by atoms with E-state index < -0.39 is 0 Å². The number of benzene rings is 3. The maximum atomic E-state index is 2.41. The first-order valence-electron chi connectivity index (χ1n) is 10.3. The molecule has 1 heterocycles. The predicted octanol–water partition coefficient (Wildman–Crippen LogP) is 6.34. The summed E-state index contributed by atoms with van der Waals surface area (Å²) in [6.45, 7) is 6.68. The third-order valence-electron chi connectivity index (χ3n) is 6.47. The highest BCUT2D eigenvalue weighted by Gasteiger charge is 2.27. The number of hydrogen-bond donors (Lipinski definition) is 0. The lowest BCUT2D eigenvalue weighted by molar-refractivity contribution is -0.660. The SMILES string of the molecule is Cc1cc(-c2cc(-c3ccccc3)c3c(c2C)Cc2ccccc2-3)[n+](C)cc1C. The van der Waals surface area contributed by atoms with Crippen LogP contribution in [-0.2, 0) is 13.5 Å². The van der Waals surface area contributed by atoms with Crippen LogP contribution >= 0.6 is 0 Å². The van der Waals surface area contributed by atoms with Gasteiger partial charge in [-0.25, -0.2) is 4.57 Å². The Morgan fingerprint density at radius 3 is 2.24 bits per heavy atom. The first-order chi connectivity index (χ1) is 14.0. The second kappa shape index (κ2) is 6.70. The van der Waals surface area contributed by atoms with Crippen LogP contribution in [0.2, 0.25) is 0 Å². The second-order valence-corrected chi connectivity index (χ2v) is 8.29. The number of rotatable bonds is 2. The van der Waals surface area contributed by atoms with E-state index in [1.165, 1.54) is 61.3 Å². The van der Waals surface area contributed by atoms with Crippen molar-refractivity contribution < 1.29 is 4.57 Å². The van der Waals surface area contributed by atoms with E-state index in [2.05, 4.69) is 105 Å². The van der Waals surface area contributed by atoms with Crippen molar-refractivity contribution in [2.75, 3.05) is 0 Å². The molecule has 0 bridgehead atoms. The first kappa shape index (κ1) is 17.9. The Kier molecular flexibility index (Phi) is 4.13. The van der Waals surface area contributed by atoms with Crippen LogP contribution in [0.5, 0.6) is 0 Å². The molecule has 0 fully saturated rings. The van der Waals surface area contributed by atoms with E-state index in [1.54, 1.807) is 0 Å². The molecule has 0 saturated carbocycles. The lowest BCUT2D eigenvalue weighted by atomic mass is 9.87. The lowest BCUT2D eigenvalue weighted by Gasteiger charge is -2.16. The highest BCUT2D eigenvalue weighted by Crippen LogP contribution is 2.47. The van der Waals surface area contributed by atoms with Gasteiger partial charge in [-0.1, -0.05) is 54.6 Å². The molecule has 1 heteroatoms. The average Bonchev–Trinajstić information content (AvgIpc) is 3.12. The first-order valence-corrected chi connectivity index (χ1v) is 10.3. The maximum absolute atomic E-state index is 2.41. The van der Waals surface area contributed by atoms with E-state index >= 15 is 0 Å². The van der Waals surface area contributed by atoms with Crippen LogP contribution < -0.4 is 4.57 Å². The third-order valence-corrected chi connectivity index (χ3v) is 6.47. The van der Waals surface area contributed by atoms with Crippen LogP contribution in [0.1, 0.15) is 27.8 Å². The Hall–Kier alpha value is -3.19. The highest BCUT2D eigenvalue weighted by atomic mass is 14.9. The van der Waals surface area contributed by atoms with E-state index in [1.807, 2.05) is 0 Å². The van der Waals surface area contributed by atoms with Crippen LogP contribution in [0.15, 0.2) is 72.9 Å². The molecule has 0 aliphatic heterocycles. The molecule has 0 spiro atoms. The Morgan fingerprint density at radius 1 is 0.724 bits per heavy atom. The largest absolute Gasteiger partial charge is 0.212 e. The van der Waals surface area contributed by atoms with Crippen LogP contribution in [-0.4, -0.2) is 0 Å². The van der Waals surface area contributed by atoms with Crippen molar-refractivity contribution >= 4 is 0 Å². The molecular formula is C28H26N+. The van der Waals surface area contributed by atoms with Crippen LogP contribution in [0, 0.1) is 20.8 Å². The molecule has 1 aliphatic carbocycles. The molecule has 142 valence electrons. The highest BCUT2D eigenvalue weighted by molar-refractivity contribution is 5.94. The van der Waals surface area contributed by atoms with Gasteiger partial charge >= 0.3 is 0 Å². The van der Waals surface area contributed by atoms with Crippen molar-refractivity contribution in [1.82, 2.24) is 0 Å². The zero-order valence-corrected chi connectivity index (χ0v) is 17.6. The normalized spacial score (nSPS) is 12.0. The van der Waals surface area contributed by atoms with Gasteiger partial charge in [0.2, 0.25) is 5.69 Å². The van der Waals surface area contributed by atoms with Crippen LogP contribution in [0.25, 0.3) is 33.5 Å². The Morgan fingerprint density at radius 2 is 1.45 bits per heavy atom. The van der Waals surface area contributed by atoms with E-state index in [-0.39, 0.29) is 0 Å². The van der Waals surface area contributed by atoms with Gasteiger partial charge in [-0.2, -0.15) is 0 Å². The number of fused-ring (bicyclic) bond motifs is 3.